The quantitative estimate of drug-likeness (QED) is 0.413. The number of carbonyl (C=O) groups is 3. The zero-order valence-electron chi connectivity index (χ0n) is 25.6. The lowest BCUT2D eigenvalue weighted by Gasteiger charge is -2.28. The van der Waals surface area contributed by atoms with Crippen LogP contribution in [-0.4, -0.2) is 55.3 Å². The first-order valence-corrected chi connectivity index (χ1v) is 14.1. The number of aromatic nitrogens is 3. The van der Waals surface area contributed by atoms with Gasteiger partial charge in [-0.25, -0.2) is 19.6 Å². The second-order valence-electron chi connectivity index (χ2n) is 12.3. The molecule has 12 nitrogen and oxygen atoms in total. The molecule has 4 rings (SSSR count). The summed E-state index contributed by atoms with van der Waals surface area (Å²) < 4.78 is 12.3. The van der Waals surface area contributed by atoms with E-state index in [0.717, 1.165) is 11.9 Å². The van der Waals surface area contributed by atoms with Crippen molar-refractivity contribution in [2.75, 3.05) is 16.8 Å². The molecular formula is C31H38N6O6. The standard InChI is InChI=1S/C31H38N6O6/c1-20-16-22(26(38)36-15-11-14-35(27(39)25(20)36)18-21-12-9-8-10-13-21)34-23-17-24(33-19-32-23)37(28(40)42-30(2,3)4)29(41)43-31(5,6)7/h8-10,12-13,16-17,19H,11,14-15,18H2,1-7H3,(H,32,33,34). The summed E-state index contributed by atoms with van der Waals surface area (Å²) in [4.78, 5) is 64.0. The van der Waals surface area contributed by atoms with E-state index in [9.17, 15) is 19.2 Å². The van der Waals surface area contributed by atoms with Crippen LogP contribution in [0.4, 0.5) is 26.9 Å². The summed E-state index contributed by atoms with van der Waals surface area (Å²) in [5.74, 6) is -0.179. The van der Waals surface area contributed by atoms with Gasteiger partial charge in [0.15, 0.2) is 5.82 Å². The minimum absolute atomic E-state index is 0.112. The largest absolute Gasteiger partial charge is 0.443 e. The molecule has 0 radical (unpaired) electrons. The third-order valence-corrected chi connectivity index (χ3v) is 6.29. The van der Waals surface area contributed by atoms with Crippen molar-refractivity contribution in [1.82, 2.24) is 19.4 Å². The number of nitrogens with one attached hydrogen (secondary N) is 1. The molecule has 0 fully saturated rings. The lowest BCUT2D eigenvalue weighted by molar-refractivity contribution is 0.0428. The number of anilines is 3. The molecule has 3 heterocycles. The highest BCUT2D eigenvalue weighted by Gasteiger charge is 2.34. The number of benzene rings is 1. The Bertz CT molecular complexity index is 1540. The number of fused-ring (bicyclic) bond motifs is 1. The fraction of sp³-hybridized carbons (Fsp3) is 0.419. The second kappa shape index (κ2) is 12.2. The predicted octanol–water partition coefficient (Wildman–Crippen LogP) is 5.41. The van der Waals surface area contributed by atoms with Crippen molar-refractivity contribution in [1.29, 1.82) is 0 Å². The van der Waals surface area contributed by atoms with Crippen LogP contribution in [0.15, 0.2) is 53.6 Å². The number of ether oxygens (including phenoxy) is 2. The first kappa shape index (κ1) is 31.2. The Morgan fingerprint density at radius 3 is 2.16 bits per heavy atom. The van der Waals surface area contributed by atoms with E-state index in [0.29, 0.717) is 42.2 Å². The zero-order valence-corrected chi connectivity index (χ0v) is 25.6. The van der Waals surface area contributed by atoms with Crippen molar-refractivity contribution in [2.45, 2.75) is 79.2 Å². The van der Waals surface area contributed by atoms with Crippen LogP contribution in [0.1, 0.15) is 69.6 Å². The molecule has 1 aliphatic rings. The topological polar surface area (TPSA) is 136 Å². The Morgan fingerprint density at radius 2 is 1.56 bits per heavy atom. The Hall–Kier alpha value is -4.74. The van der Waals surface area contributed by atoms with Crippen molar-refractivity contribution >= 4 is 35.4 Å². The number of hydrogen-bond donors (Lipinski definition) is 1. The maximum Gasteiger partial charge on any atom is 0.425 e. The SMILES string of the molecule is Cc1cc(Nc2cc(N(C(=O)OC(C)(C)C)C(=O)OC(C)(C)C)ncn2)c(=O)n2c1C(=O)N(Cc1ccccc1)CCC2. The van der Waals surface area contributed by atoms with Crippen molar-refractivity contribution in [3.63, 3.8) is 0 Å². The lowest BCUT2D eigenvalue weighted by Crippen LogP contribution is -2.44. The molecule has 43 heavy (non-hydrogen) atoms. The summed E-state index contributed by atoms with van der Waals surface area (Å²) in [6.45, 7) is 13.1. The van der Waals surface area contributed by atoms with Crippen LogP contribution in [0, 0.1) is 6.92 Å². The van der Waals surface area contributed by atoms with Gasteiger partial charge in [0.05, 0.1) is 0 Å². The van der Waals surface area contributed by atoms with Crippen LogP contribution in [-0.2, 0) is 22.6 Å². The second-order valence-corrected chi connectivity index (χ2v) is 12.3. The summed E-state index contributed by atoms with van der Waals surface area (Å²) in [5.41, 5.74) is -0.0442. The molecule has 0 aliphatic carbocycles. The van der Waals surface area contributed by atoms with Crippen LogP contribution in [0.5, 0.6) is 0 Å². The predicted molar refractivity (Wildman–Crippen MR) is 162 cm³/mol. The van der Waals surface area contributed by atoms with Gasteiger partial charge in [-0.15, -0.1) is 0 Å². The van der Waals surface area contributed by atoms with Gasteiger partial charge in [-0.2, -0.15) is 4.90 Å². The Morgan fingerprint density at radius 1 is 0.930 bits per heavy atom. The number of rotatable bonds is 5. The molecule has 12 heteroatoms. The molecule has 0 saturated carbocycles. The average Bonchev–Trinajstić information content (AvgIpc) is 3.05. The normalized spacial score (nSPS) is 13.6. The first-order chi connectivity index (χ1) is 20.1. The highest BCUT2D eigenvalue weighted by atomic mass is 16.6. The molecule has 2 aromatic heterocycles. The Labute approximate surface area is 250 Å². The number of carbonyl (C=O) groups excluding carboxylic acids is 3. The van der Waals surface area contributed by atoms with E-state index in [1.807, 2.05) is 30.3 Å². The number of pyridine rings is 1. The Kier molecular flexibility index (Phi) is 8.88. The summed E-state index contributed by atoms with van der Waals surface area (Å²) in [6, 6.07) is 12.7. The number of imide groups is 1. The number of hydrogen-bond acceptors (Lipinski definition) is 9. The minimum Gasteiger partial charge on any atom is -0.443 e. The number of amides is 3. The Balaban J connectivity index is 1.65. The van der Waals surface area contributed by atoms with Crippen LogP contribution >= 0.6 is 0 Å². The third-order valence-electron chi connectivity index (χ3n) is 6.29. The van der Waals surface area contributed by atoms with Gasteiger partial charge in [-0.1, -0.05) is 30.3 Å². The summed E-state index contributed by atoms with van der Waals surface area (Å²) in [5, 5.41) is 2.98. The lowest BCUT2D eigenvalue weighted by atomic mass is 10.1. The highest BCUT2D eigenvalue weighted by Crippen LogP contribution is 2.24. The van der Waals surface area contributed by atoms with E-state index in [1.165, 1.54) is 10.6 Å². The van der Waals surface area contributed by atoms with Gasteiger partial charge < -0.3 is 24.3 Å². The summed E-state index contributed by atoms with van der Waals surface area (Å²) >= 11 is 0. The monoisotopic (exact) mass is 590 g/mol. The maximum atomic E-state index is 13.6. The van der Waals surface area contributed by atoms with Gasteiger partial charge in [0.2, 0.25) is 0 Å². The van der Waals surface area contributed by atoms with E-state index in [-0.39, 0.29) is 23.2 Å². The van der Waals surface area contributed by atoms with Gasteiger partial charge in [-0.3, -0.25) is 9.59 Å². The van der Waals surface area contributed by atoms with Gasteiger partial charge in [0, 0.05) is 25.7 Å². The zero-order chi connectivity index (χ0) is 31.5. The average molecular weight is 591 g/mol. The molecule has 0 unspecified atom stereocenters. The van der Waals surface area contributed by atoms with Gasteiger partial charge in [0.25, 0.3) is 11.5 Å². The van der Waals surface area contributed by atoms with Crippen LogP contribution in [0.3, 0.4) is 0 Å². The molecule has 0 bridgehead atoms. The van der Waals surface area contributed by atoms with Crippen LogP contribution in [0.2, 0.25) is 0 Å². The van der Waals surface area contributed by atoms with Gasteiger partial charge >= 0.3 is 12.2 Å². The smallest absolute Gasteiger partial charge is 0.425 e. The molecule has 1 N–H and O–H groups in total. The summed E-state index contributed by atoms with van der Waals surface area (Å²) in [7, 11) is 0. The number of aryl methyl sites for hydroxylation is 1. The molecule has 0 saturated heterocycles. The molecule has 1 aromatic carbocycles. The number of nitrogens with zero attached hydrogens (tertiary/aromatic N) is 5. The first-order valence-electron chi connectivity index (χ1n) is 14.1. The fourth-order valence-electron chi connectivity index (χ4n) is 4.57. The van der Waals surface area contributed by atoms with Crippen molar-refractivity contribution < 1.29 is 23.9 Å². The van der Waals surface area contributed by atoms with E-state index in [1.54, 1.807) is 59.4 Å². The molecule has 228 valence electrons. The molecule has 3 aromatic rings. The highest BCUT2D eigenvalue weighted by molar-refractivity contribution is 6.09. The van der Waals surface area contributed by atoms with Crippen molar-refractivity contribution in [3.05, 3.63) is 76.0 Å². The van der Waals surface area contributed by atoms with E-state index >= 15 is 0 Å². The van der Waals surface area contributed by atoms with Gasteiger partial charge in [0.1, 0.15) is 34.7 Å². The fourth-order valence-corrected chi connectivity index (χ4v) is 4.57. The van der Waals surface area contributed by atoms with Crippen molar-refractivity contribution in [3.8, 4) is 0 Å². The van der Waals surface area contributed by atoms with E-state index in [4.69, 9.17) is 9.47 Å². The third kappa shape index (κ3) is 7.76. The molecule has 1 aliphatic heterocycles. The van der Waals surface area contributed by atoms with Gasteiger partial charge in [-0.05, 0) is 72.1 Å². The molecule has 0 atom stereocenters. The van der Waals surface area contributed by atoms with Crippen LogP contribution < -0.4 is 15.8 Å². The van der Waals surface area contributed by atoms with Crippen molar-refractivity contribution in [2.24, 2.45) is 0 Å². The minimum atomic E-state index is -0.981. The maximum absolute atomic E-state index is 13.6. The van der Waals surface area contributed by atoms with E-state index in [2.05, 4.69) is 15.3 Å². The summed E-state index contributed by atoms with van der Waals surface area (Å²) in [6.07, 6.45) is -0.206. The van der Waals surface area contributed by atoms with E-state index < -0.39 is 28.9 Å². The van der Waals surface area contributed by atoms with Crippen LogP contribution in [0.25, 0.3) is 0 Å². The molecule has 0 spiro atoms. The molecule has 3 amide bonds. The molecular weight excluding hydrogens is 552 g/mol.